The number of ether oxygens (including phenoxy) is 1. The molecule has 1 aliphatic rings. The lowest BCUT2D eigenvalue weighted by atomic mass is 10.3. The van der Waals surface area contributed by atoms with Crippen LogP contribution in [0.4, 0.5) is 0 Å². The number of aliphatic hydroxyl groups is 1. The highest BCUT2D eigenvalue weighted by Gasteiger charge is 2.15. The highest BCUT2D eigenvalue weighted by atomic mass is 16.5. The van der Waals surface area contributed by atoms with Gasteiger partial charge in [-0.15, -0.1) is 0 Å². The standard InChI is InChI=1S/C10H20N2O3/c13-7-5-11-1-3-12(4-2-11)6-9-15-10-8-14/h8,13H,1-7,9-10H2. The summed E-state index contributed by atoms with van der Waals surface area (Å²) in [6, 6.07) is 0. The van der Waals surface area contributed by atoms with Gasteiger partial charge in [0.1, 0.15) is 12.9 Å². The third-order valence-corrected chi connectivity index (χ3v) is 2.62. The van der Waals surface area contributed by atoms with Crippen LogP contribution >= 0.6 is 0 Å². The second-order valence-electron chi connectivity index (χ2n) is 3.65. The van der Waals surface area contributed by atoms with Crippen molar-refractivity contribution in [3.8, 4) is 0 Å². The minimum Gasteiger partial charge on any atom is -0.395 e. The van der Waals surface area contributed by atoms with Gasteiger partial charge in [-0.25, -0.2) is 0 Å². The van der Waals surface area contributed by atoms with Gasteiger partial charge in [-0.1, -0.05) is 0 Å². The zero-order chi connectivity index (χ0) is 10.9. The van der Waals surface area contributed by atoms with E-state index in [4.69, 9.17) is 9.84 Å². The molecular formula is C10H20N2O3. The van der Waals surface area contributed by atoms with Crippen LogP contribution in [0.15, 0.2) is 0 Å². The Labute approximate surface area is 90.6 Å². The summed E-state index contributed by atoms with van der Waals surface area (Å²) < 4.78 is 5.10. The number of rotatable bonds is 7. The van der Waals surface area contributed by atoms with Crippen LogP contribution in [0, 0.1) is 0 Å². The third kappa shape index (κ3) is 5.22. The minimum absolute atomic E-state index is 0.199. The summed E-state index contributed by atoms with van der Waals surface area (Å²) in [4.78, 5) is 14.6. The molecule has 88 valence electrons. The maximum Gasteiger partial charge on any atom is 0.145 e. The molecule has 0 aromatic rings. The molecular weight excluding hydrogens is 196 g/mol. The quantitative estimate of drug-likeness (QED) is 0.428. The molecule has 1 saturated heterocycles. The van der Waals surface area contributed by atoms with Gasteiger partial charge in [-0.05, 0) is 0 Å². The van der Waals surface area contributed by atoms with Gasteiger partial charge in [-0.2, -0.15) is 0 Å². The number of piperazine rings is 1. The molecule has 0 spiro atoms. The summed E-state index contributed by atoms with van der Waals surface area (Å²) in [5.74, 6) is 0. The SMILES string of the molecule is O=CCOCCN1CCN(CCO)CC1. The van der Waals surface area contributed by atoms with Crippen molar-refractivity contribution in [1.29, 1.82) is 0 Å². The van der Waals surface area contributed by atoms with Crippen molar-refractivity contribution >= 4 is 6.29 Å². The number of carbonyl (C=O) groups is 1. The van der Waals surface area contributed by atoms with Gasteiger partial charge in [0.2, 0.25) is 0 Å². The van der Waals surface area contributed by atoms with Crippen LogP contribution in [0.25, 0.3) is 0 Å². The Hall–Kier alpha value is -0.490. The van der Waals surface area contributed by atoms with Crippen LogP contribution in [-0.2, 0) is 9.53 Å². The van der Waals surface area contributed by atoms with E-state index in [9.17, 15) is 4.79 Å². The van der Waals surface area contributed by atoms with Crippen molar-refractivity contribution in [1.82, 2.24) is 9.80 Å². The van der Waals surface area contributed by atoms with Gasteiger partial charge in [0.05, 0.1) is 13.2 Å². The molecule has 1 aliphatic heterocycles. The fourth-order valence-corrected chi connectivity index (χ4v) is 1.70. The highest BCUT2D eigenvalue weighted by molar-refractivity contribution is 5.50. The maximum absolute atomic E-state index is 10.0. The van der Waals surface area contributed by atoms with E-state index in [2.05, 4.69) is 9.80 Å². The predicted octanol–water partition coefficient (Wildman–Crippen LogP) is -1.19. The van der Waals surface area contributed by atoms with Gasteiger partial charge < -0.3 is 14.6 Å². The topological polar surface area (TPSA) is 53.0 Å². The highest BCUT2D eigenvalue weighted by Crippen LogP contribution is 2.00. The lowest BCUT2D eigenvalue weighted by Crippen LogP contribution is -2.47. The summed E-state index contributed by atoms with van der Waals surface area (Å²) in [6.45, 7) is 6.78. The Morgan fingerprint density at radius 1 is 1.13 bits per heavy atom. The van der Waals surface area contributed by atoms with E-state index < -0.39 is 0 Å². The van der Waals surface area contributed by atoms with E-state index in [-0.39, 0.29) is 13.2 Å². The fraction of sp³-hybridized carbons (Fsp3) is 0.900. The summed E-state index contributed by atoms with van der Waals surface area (Å²) in [7, 11) is 0. The van der Waals surface area contributed by atoms with Crippen molar-refractivity contribution in [2.24, 2.45) is 0 Å². The van der Waals surface area contributed by atoms with E-state index in [0.717, 1.165) is 45.6 Å². The molecule has 5 nitrogen and oxygen atoms in total. The predicted molar refractivity (Wildman–Crippen MR) is 56.8 cm³/mol. The molecule has 0 atom stereocenters. The van der Waals surface area contributed by atoms with Crippen molar-refractivity contribution < 1.29 is 14.6 Å². The molecule has 1 heterocycles. The van der Waals surface area contributed by atoms with E-state index in [1.54, 1.807) is 0 Å². The molecule has 0 bridgehead atoms. The summed E-state index contributed by atoms with van der Waals surface area (Å²) in [5, 5.41) is 8.78. The Balaban J connectivity index is 2.01. The zero-order valence-electron chi connectivity index (χ0n) is 9.10. The third-order valence-electron chi connectivity index (χ3n) is 2.62. The first kappa shape index (κ1) is 12.6. The first-order chi connectivity index (χ1) is 7.36. The Morgan fingerprint density at radius 3 is 2.27 bits per heavy atom. The van der Waals surface area contributed by atoms with Gasteiger partial charge in [0.15, 0.2) is 0 Å². The van der Waals surface area contributed by atoms with E-state index in [0.29, 0.717) is 6.61 Å². The Kier molecular flexibility index (Phi) is 6.50. The molecule has 0 aromatic carbocycles. The van der Waals surface area contributed by atoms with Gasteiger partial charge in [0, 0.05) is 39.3 Å². The van der Waals surface area contributed by atoms with Crippen molar-refractivity contribution in [2.75, 3.05) is 59.1 Å². The number of hydrogen-bond acceptors (Lipinski definition) is 5. The second-order valence-corrected chi connectivity index (χ2v) is 3.65. The van der Waals surface area contributed by atoms with E-state index in [1.165, 1.54) is 0 Å². The van der Waals surface area contributed by atoms with Crippen LogP contribution in [0.2, 0.25) is 0 Å². The molecule has 0 aromatic heterocycles. The number of nitrogens with zero attached hydrogens (tertiary/aromatic N) is 2. The second kappa shape index (κ2) is 7.76. The summed E-state index contributed by atoms with van der Waals surface area (Å²) in [6.07, 6.45) is 0.777. The van der Waals surface area contributed by atoms with Gasteiger partial charge >= 0.3 is 0 Å². The van der Waals surface area contributed by atoms with Crippen LogP contribution in [0.1, 0.15) is 0 Å². The molecule has 0 aliphatic carbocycles. The van der Waals surface area contributed by atoms with E-state index in [1.807, 2.05) is 0 Å². The molecule has 1 rings (SSSR count). The largest absolute Gasteiger partial charge is 0.395 e. The number of β-amino-alcohol motifs (C(OH)–C–C–N with tert-alkyl or cyclic N) is 1. The minimum atomic E-state index is 0.199. The molecule has 0 radical (unpaired) electrons. The molecule has 0 unspecified atom stereocenters. The maximum atomic E-state index is 10.0. The molecule has 15 heavy (non-hydrogen) atoms. The number of carbonyl (C=O) groups excluding carboxylic acids is 1. The number of aldehydes is 1. The normalized spacial score (nSPS) is 19.3. The van der Waals surface area contributed by atoms with Crippen LogP contribution in [-0.4, -0.2) is 80.3 Å². The lowest BCUT2D eigenvalue weighted by molar-refractivity contribution is -0.112. The molecule has 0 amide bonds. The van der Waals surface area contributed by atoms with E-state index >= 15 is 0 Å². The van der Waals surface area contributed by atoms with Crippen molar-refractivity contribution in [3.05, 3.63) is 0 Å². The van der Waals surface area contributed by atoms with Gasteiger partial charge in [-0.3, -0.25) is 9.80 Å². The Bertz CT molecular complexity index is 170. The first-order valence-electron chi connectivity index (χ1n) is 5.43. The zero-order valence-corrected chi connectivity index (χ0v) is 9.10. The molecule has 1 fully saturated rings. The average Bonchev–Trinajstić information content (AvgIpc) is 2.27. The fourth-order valence-electron chi connectivity index (χ4n) is 1.70. The van der Waals surface area contributed by atoms with Crippen LogP contribution < -0.4 is 0 Å². The smallest absolute Gasteiger partial charge is 0.145 e. The number of aliphatic hydroxyl groups excluding tert-OH is 1. The van der Waals surface area contributed by atoms with Gasteiger partial charge in [0.25, 0.3) is 0 Å². The van der Waals surface area contributed by atoms with Crippen molar-refractivity contribution in [2.45, 2.75) is 0 Å². The molecule has 1 N–H and O–H groups in total. The van der Waals surface area contributed by atoms with Crippen LogP contribution in [0.3, 0.4) is 0 Å². The van der Waals surface area contributed by atoms with Crippen molar-refractivity contribution in [3.63, 3.8) is 0 Å². The van der Waals surface area contributed by atoms with Crippen LogP contribution in [0.5, 0.6) is 0 Å². The average molecular weight is 216 g/mol. The Morgan fingerprint density at radius 2 is 1.73 bits per heavy atom. The lowest BCUT2D eigenvalue weighted by Gasteiger charge is -2.34. The molecule has 5 heteroatoms. The summed E-state index contributed by atoms with van der Waals surface area (Å²) >= 11 is 0. The first-order valence-corrected chi connectivity index (χ1v) is 5.43. The molecule has 0 saturated carbocycles. The monoisotopic (exact) mass is 216 g/mol. The number of hydrogen-bond donors (Lipinski definition) is 1. The summed E-state index contributed by atoms with van der Waals surface area (Å²) in [5.41, 5.74) is 0.